The van der Waals surface area contributed by atoms with Crippen molar-refractivity contribution in [3.8, 4) is 0 Å². The van der Waals surface area contributed by atoms with Gasteiger partial charge in [0.05, 0.1) is 11.2 Å². The van der Waals surface area contributed by atoms with E-state index < -0.39 is 0 Å². The van der Waals surface area contributed by atoms with Crippen molar-refractivity contribution in [3.05, 3.63) is 52.3 Å². The number of anilines is 1. The number of aromatic nitrogens is 2. The molecule has 0 bridgehead atoms. The molecule has 1 fully saturated rings. The molecule has 0 saturated carbocycles. The number of nitrogens with zero attached hydrogens (tertiary/aromatic N) is 3. The van der Waals surface area contributed by atoms with E-state index in [1.54, 1.807) is 11.3 Å². The second-order valence-electron chi connectivity index (χ2n) is 7.58. The number of rotatable bonds is 5. The molecule has 1 saturated heterocycles. The monoisotopic (exact) mass is 394 g/mol. The van der Waals surface area contributed by atoms with Gasteiger partial charge in [-0.15, -0.1) is 11.3 Å². The fraction of sp³-hybridized carbons (Fsp3) is 0.409. The van der Waals surface area contributed by atoms with Crippen LogP contribution in [0.3, 0.4) is 0 Å². The third-order valence-corrected chi connectivity index (χ3v) is 6.31. The maximum atomic E-state index is 12.7. The summed E-state index contributed by atoms with van der Waals surface area (Å²) in [5.41, 5.74) is 1.98. The third-order valence-electron chi connectivity index (χ3n) is 5.41. The van der Waals surface area contributed by atoms with Gasteiger partial charge in [-0.05, 0) is 44.2 Å². The summed E-state index contributed by atoms with van der Waals surface area (Å²) in [6.07, 6.45) is 2.58. The normalized spacial score (nSPS) is 16.3. The first kappa shape index (κ1) is 18.9. The lowest BCUT2D eigenvalue weighted by atomic mass is 9.95. The van der Waals surface area contributed by atoms with Crippen LogP contribution in [0.15, 0.2) is 41.8 Å². The molecule has 0 spiro atoms. The van der Waals surface area contributed by atoms with Crippen molar-refractivity contribution in [2.45, 2.75) is 39.2 Å². The minimum absolute atomic E-state index is 0.0728. The smallest absolute Gasteiger partial charge is 0.226 e. The summed E-state index contributed by atoms with van der Waals surface area (Å²) in [5, 5.41) is 6.37. The summed E-state index contributed by atoms with van der Waals surface area (Å²) < 4.78 is 0. The zero-order valence-corrected chi connectivity index (χ0v) is 17.2. The SMILES string of the molecule is Cc1nc(N2CCC(C(=O)NC(C)Cc3cccs3)CC2)nc2ccccc12. The highest BCUT2D eigenvalue weighted by Gasteiger charge is 2.27. The Morgan fingerprint density at radius 2 is 2.00 bits per heavy atom. The summed E-state index contributed by atoms with van der Waals surface area (Å²) in [6, 6.07) is 12.5. The van der Waals surface area contributed by atoms with Crippen LogP contribution >= 0.6 is 11.3 Å². The Bertz CT molecular complexity index is 948. The van der Waals surface area contributed by atoms with Crippen molar-refractivity contribution in [1.29, 1.82) is 0 Å². The van der Waals surface area contributed by atoms with E-state index in [9.17, 15) is 4.79 Å². The van der Waals surface area contributed by atoms with E-state index in [2.05, 4.69) is 40.7 Å². The van der Waals surface area contributed by atoms with E-state index in [0.29, 0.717) is 0 Å². The molecule has 1 N–H and O–H groups in total. The van der Waals surface area contributed by atoms with Crippen LogP contribution in [0, 0.1) is 12.8 Å². The van der Waals surface area contributed by atoms with Crippen LogP contribution in [0.1, 0.15) is 30.3 Å². The molecule has 3 aromatic rings. The van der Waals surface area contributed by atoms with Crippen LogP contribution < -0.4 is 10.2 Å². The molecule has 1 amide bonds. The lowest BCUT2D eigenvalue weighted by molar-refractivity contribution is -0.126. The maximum Gasteiger partial charge on any atom is 0.226 e. The van der Waals surface area contributed by atoms with Gasteiger partial charge in [-0.3, -0.25) is 4.79 Å². The predicted molar refractivity (Wildman–Crippen MR) is 115 cm³/mol. The molecule has 5 nitrogen and oxygen atoms in total. The largest absolute Gasteiger partial charge is 0.353 e. The number of benzene rings is 1. The number of amides is 1. The third kappa shape index (κ3) is 4.17. The minimum Gasteiger partial charge on any atom is -0.353 e. The van der Waals surface area contributed by atoms with Crippen molar-refractivity contribution >= 4 is 34.1 Å². The number of para-hydroxylation sites is 1. The van der Waals surface area contributed by atoms with E-state index in [0.717, 1.165) is 54.9 Å². The molecular weight excluding hydrogens is 368 g/mol. The fourth-order valence-electron chi connectivity index (χ4n) is 3.85. The van der Waals surface area contributed by atoms with Crippen LogP contribution in [0.25, 0.3) is 10.9 Å². The van der Waals surface area contributed by atoms with Crippen LogP contribution in [0.2, 0.25) is 0 Å². The van der Waals surface area contributed by atoms with Crippen molar-refractivity contribution in [1.82, 2.24) is 15.3 Å². The number of hydrogen-bond acceptors (Lipinski definition) is 5. The van der Waals surface area contributed by atoms with Gasteiger partial charge in [-0.25, -0.2) is 9.97 Å². The van der Waals surface area contributed by atoms with Gasteiger partial charge in [0.25, 0.3) is 0 Å². The van der Waals surface area contributed by atoms with Gasteiger partial charge in [-0.1, -0.05) is 24.3 Å². The summed E-state index contributed by atoms with van der Waals surface area (Å²) >= 11 is 1.74. The Kier molecular flexibility index (Phi) is 5.57. The average molecular weight is 395 g/mol. The predicted octanol–water partition coefficient (Wildman–Crippen LogP) is 3.96. The molecule has 28 heavy (non-hydrogen) atoms. The first-order valence-corrected chi connectivity index (χ1v) is 10.8. The number of hydrogen-bond donors (Lipinski definition) is 1. The van der Waals surface area contributed by atoms with E-state index in [4.69, 9.17) is 9.97 Å². The Morgan fingerprint density at radius 1 is 1.21 bits per heavy atom. The van der Waals surface area contributed by atoms with Crippen molar-refractivity contribution < 1.29 is 4.79 Å². The molecule has 1 aliphatic rings. The molecule has 1 aliphatic heterocycles. The Hall–Kier alpha value is -2.47. The summed E-state index contributed by atoms with van der Waals surface area (Å²) in [7, 11) is 0. The van der Waals surface area contributed by atoms with Gasteiger partial charge in [0.2, 0.25) is 11.9 Å². The second-order valence-corrected chi connectivity index (χ2v) is 8.61. The van der Waals surface area contributed by atoms with Crippen LogP contribution in [-0.2, 0) is 11.2 Å². The zero-order chi connectivity index (χ0) is 19.5. The molecule has 146 valence electrons. The second kappa shape index (κ2) is 8.27. The van der Waals surface area contributed by atoms with E-state index in [1.165, 1.54) is 4.88 Å². The van der Waals surface area contributed by atoms with Gasteiger partial charge in [0.1, 0.15) is 0 Å². The van der Waals surface area contributed by atoms with Gasteiger partial charge < -0.3 is 10.2 Å². The number of fused-ring (bicyclic) bond motifs is 1. The molecule has 4 rings (SSSR count). The standard InChI is InChI=1S/C22H26N4OS/c1-15(14-18-6-5-13-28-18)23-21(27)17-9-11-26(12-10-17)22-24-16(2)19-7-3-4-8-20(19)25-22/h3-8,13,15,17H,9-12,14H2,1-2H3,(H,23,27). The van der Waals surface area contributed by atoms with Gasteiger partial charge in [0.15, 0.2) is 0 Å². The van der Waals surface area contributed by atoms with Crippen LogP contribution in [0.4, 0.5) is 5.95 Å². The quantitative estimate of drug-likeness (QED) is 0.712. The Labute approximate surface area is 169 Å². The number of aryl methyl sites for hydroxylation is 1. The molecule has 0 aliphatic carbocycles. The van der Waals surface area contributed by atoms with Gasteiger partial charge >= 0.3 is 0 Å². The lowest BCUT2D eigenvalue weighted by Gasteiger charge is -2.32. The Balaban J connectivity index is 1.34. The highest BCUT2D eigenvalue weighted by molar-refractivity contribution is 7.09. The molecular formula is C22H26N4OS. The summed E-state index contributed by atoms with van der Waals surface area (Å²) in [5.74, 6) is 1.03. The Morgan fingerprint density at radius 3 is 2.75 bits per heavy atom. The first-order chi connectivity index (χ1) is 13.6. The first-order valence-electron chi connectivity index (χ1n) is 9.91. The van der Waals surface area contributed by atoms with Gasteiger partial charge in [-0.2, -0.15) is 0 Å². The molecule has 6 heteroatoms. The van der Waals surface area contributed by atoms with Crippen LogP contribution in [0.5, 0.6) is 0 Å². The van der Waals surface area contributed by atoms with Crippen molar-refractivity contribution in [3.63, 3.8) is 0 Å². The highest BCUT2D eigenvalue weighted by atomic mass is 32.1. The van der Waals surface area contributed by atoms with Gasteiger partial charge in [0, 0.05) is 41.7 Å². The van der Waals surface area contributed by atoms with E-state index in [1.807, 2.05) is 25.1 Å². The highest BCUT2D eigenvalue weighted by Crippen LogP contribution is 2.24. The number of carbonyl (C=O) groups excluding carboxylic acids is 1. The fourth-order valence-corrected chi connectivity index (χ4v) is 4.68. The molecule has 3 heterocycles. The molecule has 1 aromatic carbocycles. The molecule has 1 atom stereocenters. The average Bonchev–Trinajstić information content (AvgIpc) is 3.21. The summed E-state index contributed by atoms with van der Waals surface area (Å²) in [6.45, 7) is 5.74. The summed E-state index contributed by atoms with van der Waals surface area (Å²) in [4.78, 5) is 25.6. The molecule has 2 aromatic heterocycles. The maximum absolute atomic E-state index is 12.7. The number of thiophene rings is 1. The molecule has 0 radical (unpaired) electrons. The number of piperidine rings is 1. The topological polar surface area (TPSA) is 58.1 Å². The minimum atomic E-state index is 0.0728. The zero-order valence-electron chi connectivity index (χ0n) is 16.4. The van der Waals surface area contributed by atoms with E-state index in [-0.39, 0.29) is 17.9 Å². The van der Waals surface area contributed by atoms with E-state index >= 15 is 0 Å². The van der Waals surface area contributed by atoms with Crippen molar-refractivity contribution in [2.75, 3.05) is 18.0 Å². The number of carbonyl (C=O) groups is 1. The molecule has 1 unspecified atom stereocenters. The lowest BCUT2D eigenvalue weighted by Crippen LogP contribution is -2.44. The number of nitrogens with one attached hydrogen (secondary N) is 1. The van der Waals surface area contributed by atoms with Crippen molar-refractivity contribution in [2.24, 2.45) is 5.92 Å². The van der Waals surface area contributed by atoms with Crippen LogP contribution in [-0.4, -0.2) is 35.0 Å².